The smallest absolute Gasteiger partial charge is 0.454 e. The van der Waals surface area contributed by atoms with E-state index in [-0.39, 0.29) is 19.1 Å². The van der Waals surface area contributed by atoms with Gasteiger partial charge in [0.25, 0.3) is 0 Å². The molecule has 2 aromatic heterocycles. The van der Waals surface area contributed by atoms with Gasteiger partial charge in [-0.15, -0.1) is 0 Å². The third-order valence-corrected chi connectivity index (χ3v) is 6.44. The number of halogens is 3. The number of nitrogens with one attached hydrogen (secondary N) is 1. The molecule has 3 aromatic rings. The van der Waals surface area contributed by atoms with E-state index in [0.29, 0.717) is 29.3 Å². The van der Waals surface area contributed by atoms with E-state index >= 15 is 0 Å². The molecular formula is C26H25F3N4O6. The van der Waals surface area contributed by atoms with Crippen LogP contribution in [-0.4, -0.2) is 46.6 Å². The number of rotatable bonds is 9. The highest BCUT2D eigenvalue weighted by Gasteiger charge is 2.42. The predicted molar refractivity (Wildman–Crippen MR) is 128 cm³/mol. The molecule has 5 rings (SSSR count). The first-order valence-electron chi connectivity index (χ1n) is 12.5. The number of carbonyl (C=O) groups excluding carboxylic acids is 2. The third-order valence-electron chi connectivity index (χ3n) is 6.44. The molecular weight excluding hydrogens is 521 g/mol. The number of ether oxygens (including phenoxy) is 3. The highest BCUT2D eigenvalue weighted by Crippen LogP contribution is 2.36. The zero-order valence-corrected chi connectivity index (χ0v) is 20.8. The number of esters is 2. The van der Waals surface area contributed by atoms with Crippen molar-refractivity contribution in [3.05, 3.63) is 58.9 Å². The summed E-state index contributed by atoms with van der Waals surface area (Å²) in [5.41, 5.74) is 2.72. The molecule has 0 bridgehead atoms. The van der Waals surface area contributed by atoms with E-state index in [1.807, 2.05) is 6.07 Å². The summed E-state index contributed by atoms with van der Waals surface area (Å²) in [6.07, 6.45) is -1.71. The number of alkyl halides is 3. The third kappa shape index (κ3) is 6.65. The quantitative estimate of drug-likeness (QED) is 0.310. The van der Waals surface area contributed by atoms with E-state index in [4.69, 9.17) is 14.0 Å². The number of hydrogen-bond acceptors (Lipinski definition) is 10. The number of aromatic nitrogens is 3. The summed E-state index contributed by atoms with van der Waals surface area (Å²) in [6, 6.07) is 9.00. The number of fused-ring (bicyclic) bond motifs is 2. The fourth-order valence-electron chi connectivity index (χ4n) is 4.50. The number of aryl methyl sites for hydroxylation is 3. The molecule has 0 spiro atoms. The van der Waals surface area contributed by atoms with Crippen molar-refractivity contribution in [1.82, 2.24) is 15.1 Å². The van der Waals surface area contributed by atoms with Gasteiger partial charge >= 0.3 is 18.1 Å². The molecule has 206 valence electrons. The second-order valence-corrected chi connectivity index (χ2v) is 9.28. The Balaban J connectivity index is 1.22. The largest absolute Gasteiger partial charge is 0.491 e. The van der Waals surface area contributed by atoms with Crippen molar-refractivity contribution in [2.75, 3.05) is 18.7 Å². The number of hydrogen-bond donors (Lipinski definition) is 1. The maximum atomic E-state index is 12.6. The Bertz CT molecular complexity index is 1360. The lowest BCUT2D eigenvalue weighted by atomic mass is 9.92. The van der Waals surface area contributed by atoms with Crippen LogP contribution in [0.1, 0.15) is 53.7 Å². The Hall–Kier alpha value is -4.16. The lowest BCUT2D eigenvalue weighted by Gasteiger charge is -2.17. The zero-order chi connectivity index (χ0) is 27.4. The number of benzene rings is 1. The van der Waals surface area contributed by atoms with Gasteiger partial charge in [0.15, 0.2) is 17.3 Å². The zero-order valence-electron chi connectivity index (χ0n) is 20.8. The average Bonchev–Trinajstić information content (AvgIpc) is 3.56. The first kappa shape index (κ1) is 26.4. The van der Waals surface area contributed by atoms with Crippen molar-refractivity contribution in [2.24, 2.45) is 0 Å². The summed E-state index contributed by atoms with van der Waals surface area (Å²) in [7, 11) is 0. The highest BCUT2D eigenvalue weighted by atomic mass is 19.4. The van der Waals surface area contributed by atoms with Crippen LogP contribution in [0.5, 0.6) is 11.5 Å². The van der Waals surface area contributed by atoms with Gasteiger partial charge in [0, 0.05) is 31.0 Å². The van der Waals surface area contributed by atoms with Gasteiger partial charge in [-0.05, 0) is 55.0 Å². The average molecular weight is 547 g/mol. The van der Waals surface area contributed by atoms with E-state index in [2.05, 4.69) is 31.2 Å². The second-order valence-electron chi connectivity index (χ2n) is 9.28. The number of pyridine rings is 1. The van der Waals surface area contributed by atoms with Crippen molar-refractivity contribution in [3.63, 3.8) is 0 Å². The van der Waals surface area contributed by atoms with Gasteiger partial charge in [0.2, 0.25) is 12.7 Å². The Morgan fingerprint density at radius 2 is 1.92 bits per heavy atom. The minimum atomic E-state index is -5.28. The monoisotopic (exact) mass is 546 g/mol. The standard InChI is InChI=1S/C26H25F3N4O6/c27-26(28,29)25(35)38-23(34)13-17(16-7-9-19-20(11-16)37-14-36-19)12-22-32-21(33-39-22)5-1-4-18-8-6-15-3-2-10-30-24(15)31-18/h6-9,11,17H,1-5,10,12-14H2,(H,30,31). The van der Waals surface area contributed by atoms with Gasteiger partial charge in [-0.25, -0.2) is 9.78 Å². The normalized spacial score (nSPS) is 14.8. The Kier molecular flexibility index (Phi) is 7.66. The van der Waals surface area contributed by atoms with E-state index in [1.54, 1.807) is 18.2 Å². The molecule has 0 amide bonds. The summed E-state index contributed by atoms with van der Waals surface area (Å²) in [4.78, 5) is 32.4. The van der Waals surface area contributed by atoms with E-state index < -0.39 is 30.5 Å². The van der Waals surface area contributed by atoms with Crippen LogP contribution >= 0.6 is 0 Å². The first-order valence-corrected chi connectivity index (χ1v) is 12.5. The molecule has 10 nitrogen and oxygen atoms in total. The van der Waals surface area contributed by atoms with Crippen LogP contribution in [0.4, 0.5) is 19.0 Å². The summed E-state index contributed by atoms with van der Waals surface area (Å²) in [6.45, 7) is 0.939. The molecule has 1 aromatic carbocycles. The van der Waals surface area contributed by atoms with Crippen molar-refractivity contribution >= 4 is 17.8 Å². The summed E-state index contributed by atoms with van der Waals surface area (Å²) in [5, 5.41) is 7.32. The fraction of sp³-hybridized carbons (Fsp3) is 0.423. The molecule has 0 saturated carbocycles. The molecule has 0 radical (unpaired) electrons. The molecule has 1 N–H and O–H groups in total. The van der Waals surface area contributed by atoms with Gasteiger partial charge in [0.05, 0.1) is 6.42 Å². The van der Waals surface area contributed by atoms with Gasteiger partial charge in [-0.2, -0.15) is 18.2 Å². The molecule has 2 aliphatic heterocycles. The van der Waals surface area contributed by atoms with E-state index in [9.17, 15) is 22.8 Å². The first-order chi connectivity index (χ1) is 18.7. The molecule has 0 saturated heterocycles. The topological polar surface area (TPSA) is 126 Å². The Labute approximate surface area is 220 Å². The maximum absolute atomic E-state index is 12.6. The Morgan fingerprint density at radius 1 is 1.08 bits per heavy atom. The van der Waals surface area contributed by atoms with Crippen LogP contribution in [0.15, 0.2) is 34.9 Å². The Morgan fingerprint density at radius 3 is 2.77 bits per heavy atom. The summed E-state index contributed by atoms with van der Waals surface area (Å²) in [5.74, 6) is -2.11. The second kappa shape index (κ2) is 11.3. The van der Waals surface area contributed by atoms with Gasteiger partial charge < -0.3 is 24.1 Å². The number of carbonyl (C=O) groups is 2. The number of nitrogens with zero attached hydrogens (tertiary/aromatic N) is 3. The SMILES string of the molecule is O=C(CC(Cc1nc(CCCc2ccc3c(n2)NCCC3)no1)c1ccc2c(c1)OCO2)OC(=O)C(F)(F)F. The predicted octanol–water partition coefficient (Wildman–Crippen LogP) is 4.08. The molecule has 13 heteroatoms. The number of anilines is 1. The lowest BCUT2D eigenvalue weighted by Crippen LogP contribution is -2.28. The van der Waals surface area contributed by atoms with Crippen LogP contribution in [0, 0.1) is 0 Å². The van der Waals surface area contributed by atoms with Crippen molar-refractivity contribution < 1.29 is 41.5 Å². The highest BCUT2D eigenvalue weighted by molar-refractivity contribution is 5.88. The van der Waals surface area contributed by atoms with Crippen molar-refractivity contribution in [3.8, 4) is 11.5 Å². The molecule has 4 heterocycles. The summed E-state index contributed by atoms with van der Waals surface area (Å²) >= 11 is 0. The molecule has 39 heavy (non-hydrogen) atoms. The minimum absolute atomic E-state index is 0.0239. The molecule has 2 aliphatic rings. The lowest BCUT2D eigenvalue weighted by molar-refractivity contribution is -0.202. The van der Waals surface area contributed by atoms with Gasteiger partial charge in [-0.1, -0.05) is 17.3 Å². The minimum Gasteiger partial charge on any atom is -0.454 e. The van der Waals surface area contributed by atoms with Crippen molar-refractivity contribution in [1.29, 1.82) is 0 Å². The van der Waals surface area contributed by atoms with Crippen molar-refractivity contribution in [2.45, 2.75) is 57.0 Å². The van der Waals surface area contributed by atoms with Crippen LogP contribution in [0.25, 0.3) is 0 Å². The maximum Gasteiger partial charge on any atom is 0.491 e. The molecule has 0 fully saturated rings. The molecule has 0 aliphatic carbocycles. The summed E-state index contributed by atoms with van der Waals surface area (Å²) < 4.78 is 57.7. The van der Waals surface area contributed by atoms with Crippen LogP contribution < -0.4 is 14.8 Å². The molecule has 1 atom stereocenters. The van der Waals surface area contributed by atoms with Crippen LogP contribution in [0.3, 0.4) is 0 Å². The van der Waals surface area contributed by atoms with E-state index in [0.717, 1.165) is 43.7 Å². The van der Waals surface area contributed by atoms with Crippen LogP contribution in [-0.2, 0) is 40.0 Å². The van der Waals surface area contributed by atoms with Gasteiger partial charge in [0.1, 0.15) is 5.82 Å². The fourth-order valence-corrected chi connectivity index (χ4v) is 4.50. The molecule has 1 unspecified atom stereocenters. The van der Waals surface area contributed by atoms with Gasteiger partial charge in [-0.3, -0.25) is 4.79 Å². The van der Waals surface area contributed by atoms with Crippen LogP contribution in [0.2, 0.25) is 0 Å². The van der Waals surface area contributed by atoms with E-state index in [1.165, 1.54) is 5.56 Å².